The molecule has 1 saturated heterocycles. The Morgan fingerprint density at radius 2 is 1.89 bits per heavy atom. The third kappa shape index (κ3) is 4.09. The molecular weight excluding hydrogens is 305 g/mol. The maximum atomic E-state index is 11.4. The summed E-state index contributed by atoms with van der Waals surface area (Å²) in [7, 11) is -2.81. The van der Waals surface area contributed by atoms with Gasteiger partial charge >= 0.3 is 0 Å². The molecule has 0 radical (unpaired) electrons. The number of hydrogen-bond donors (Lipinski definition) is 1. The normalized spacial score (nSPS) is 21.2. The summed E-state index contributed by atoms with van der Waals surface area (Å²) >= 11 is 12.0. The van der Waals surface area contributed by atoms with Crippen molar-refractivity contribution in [1.29, 1.82) is 0 Å². The molecule has 1 unspecified atom stereocenters. The van der Waals surface area contributed by atoms with E-state index >= 15 is 0 Å². The molecule has 0 spiro atoms. The number of nitrogens with one attached hydrogen (secondary N) is 1. The van der Waals surface area contributed by atoms with Crippen LogP contribution in [0.4, 0.5) is 0 Å². The lowest BCUT2D eigenvalue weighted by molar-refractivity contribution is 0.420. The van der Waals surface area contributed by atoms with Crippen molar-refractivity contribution in [1.82, 2.24) is 5.32 Å². The zero-order valence-electron chi connectivity index (χ0n) is 10.7. The number of benzene rings is 1. The Labute approximate surface area is 124 Å². The van der Waals surface area contributed by atoms with E-state index in [0.29, 0.717) is 22.9 Å². The minimum absolute atomic E-state index is 0.0792. The Balaban J connectivity index is 2.00. The molecule has 1 aliphatic rings. The molecule has 1 aromatic rings. The summed E-state index contributed by atoms with van der Waals surface area (Å²) in [5, 5.41) is 4.69. The van der Waals surface area contributed by atoms with Gasteiger partial charge in [0.1, 0.15) is 9.84 Å². The Bertz CT molecular complexity index is 546. The van der Waals surface area contributed by atoms with Crippen LogP contribution >= 0.6 is 23.2 Å². The van der Waals surface area contributed by atoms with Crippen LogP contribution in [0.3, 0.4) is 0 Å². The number of hydrogen-bond acceptors (Lipinski definition) is 3. The number of rotatable bonds is 3. The van der Waals surface area contributed by atoms with Gasteiger partial charge in [-0.25, -0.2) is 8.42 Å². The summed E-state index contributed by atoms with van der Waals surface area (Å²) in [5.74, 6) is 0.539. The molecule has 0 amide bonds. The van der Waals surface area contributed by atoms with Gasteiger partial charge in [-0.15, -0.1) is 0 Å². The Morgan fingerprint density at radius 3 is 2.47 bits per heavy atom. The van der Waals surface area contributed by atoms with Crippen LogP contribution in [0.1, 0.15) is 31.4 Å². The summed E-state index contributed by atoms with van der Waals surface area (Å²) in [6.45, 7) is 2.03. The topological polar surface area (TPSA) is 46.2 Å². The number of halogens is 2. The van der Waals surface area contributed by atoms with Gasteiger partial charge in [0.05, 0.1) is 11.5 Å². The SMILES string of the molecule is CC(NC1CCS(=O)(=O)CC1)c1ccc(Cl)cc1Cl. The smallest absolute Gasteiger partial charge is 0.150 e. The van der Waals surface area contributed by atoms with Crippen LogP contribution in [0.25, 0.3) is 0 Å². The third-order valence-electron chi connectivity index (χ3n) is 3.47. The second-order valence-electron chi connectivity index (χ2n) is 4.98. The molecule has 3 nitrogen and oxygen atoms in total. The van der Waals surface area contributed by atoms with E-state index < -0.39 is 9.84 Å². The van der Waals surface area contributed by atoms with Gasteiger partial charge < -0.3 is 5.32 Å². The van der Waals surface area contributed by atoms with E-state index in [1.165, 1.54) is 0 Å². The Kier molecular flexibility index (Phi) is 4.77. The highest BCUT2D eigenvalue weighted by Crippen LogP contribution is 2.27. The molecule has 1 N–H and O–H groups in total. The monoisotopic (exact) mass is 321 g/mol. The van der Waals surface area contributed by atoms with Crippen LogP contribution in [0.15, 0.2) is 18.2 Å². The van der Waals surface area contributed by atoms with E-state index in [2.05, 4.69) is 5.32 Å². The predicted octanol–water partition coefficient (Wildman–Crippen LogP) is 3.22. The molecule has 19 heavy (non-hydrogen) atoms. The fraction of sp³-hybridized carbons (Fsp3) is 0.538. The van der Waals surface area contributed by atoms with Crippen molar-refractivity contribution in [2.24, 2.45) is 0 Å². The van der Waals surface area contributed by atoms with Crippen LogP contribution < -0.4 is 5.32 Å². The van der Waals surface area contributed by atoms with Crippen LogP contribution in [0.5, 0.6) is 0 Å². The second kappa shape index (κ2) is 6.00. The molecule has 0 bridgehead atoms. The van der Waals surface area contributed by atoms with Crippen molar-refractivity contribution >= 4 is 33.0 Å². The van der Waals surface area contributed by atoms with Crippen molar-refractivity contribution in [3.63, 3.8) is 0 Å². The van der Waals surface area contributed by atoms with Gasteiger partial charge in [-0.1, -0.05) is 29.3 Å². The molecular formula is C13H17Cl2NO2S. The molecule has 0 aliphatic carbocycles. The summed E-state index contributed by atoms with van der Waals surface area (Å²) in [5.41, 5.74) is 0.986. The molecule has 1 heterocycles. The highest BCUT2D eigenvalue weighted by molar-refractivity contribution is 7.91. The first kappa shape index (κ1) is 15.1. The quantitative estimate of drug-likeness (QED) is 0.929. The van der Waals surface area contributed by atoms with E-state index in [0.717, 1.165) is 5.56 Å². The van der Waals surface area contributed by atoms with Crippen LogP contribution in [0, 0.1) is 0 Å². The van der Waals surface area contributed by atoms with Gasteiger partial charge in [-0.3, -0.25) is 0 Å². The Morgan fingerprint density at radius 1 is 1.26 bits per heavy atom. The fourth-order valence-electron chi connectivity index (χ4n) is 2.35. The first-order valence-corrected chi connectivity index (χ1v) is 8.86. The fourth-order valence-corrected chi connectivity index (χ4v) is 4.42. The van der Waals surface area contributed by atoms with Gasteiger partial charge in [0.25, 0.3) is 0 Å². The standard InChI is InChI=1S/C13H17Cl2NO2S/c1-9(12-3-2-10(14)8-13(12)15)16-11-4-6-19(17,18)7-5-11/h2-3,8-9,11,16H,4-7H2,1H3. The lowest BCUT2D eigenvalue weighted by Crippen LogP contribution is -2.38. The maximum Gasteiger partial charge on any atom is 0.150 e. The lowest BCUT2D eigenvalue weighted by atomic mass is 10.1. The molecule has 1 fully saturated rings. The van der Waals surface area contributed by atoms with Crippen molar-refractivity contribution in [2.45, 2.75) is 31.8 Å². The third-order valence-corrected chi connectivity index (χ3v) is 5.75. The van der Waals surface area contributed by atoms with Gasteiger partial charge in [0.15, 0.2) is 0 Å². The van der Waals surface area contributed by atoms with Gasteiger partial charge in [-0.2, -0.15) is 0 Å². The minimum atomic E-state index is -2.81. The zero-order valence-corrected chi connectivity index (χ0v) is 13.0. The zero-order chi connectivity index (χ0) is 14.0. The summed E-state index contributed by atoms with van der Waals surface area (Å²) in [6, 6.07) is 5.75. The summed E-state index contributed by atoms with van der Waals surface area (Å²) < 4.78 is 22.8. The van der Waals surface area contributed by atoms with E-state index in [-0.39, 0.29) is 23.6 Å². The average Bonchev–Trinajstić information content (AvgIpc) is 2.31. The molecule has 6 heteroatoms. The van der Waals surface area contributed by atoms with Gasteiger partial charge in [-0.05, 0) is 37.5 Å². The van der Waals surface area contributed by atoms with Crippen LogP contribution in [-0.2, 0) is 9.84 Å². The van der Waals surface area contributed by atoms with Crippen molar-refractivity contribution in [3.8, 4) is 0 Å². The minimum Gasteiger partial charge on any atom is -0.307 e. The first-order valence-electron chi connectivity index (χ1n) is 6.29. The van der Waals surface area contributed by atoms with E-state index in [9.17, 15) is 8.42 Å². The summed E-state index contributed by atoms with van der Waals surface area (Å²) in [6.07, 6.45) is 1.33. The molecule has 1 aliphatic heterocycles. The highest BCUT2D eigenvalue weighted by Gasteiger charge is 2.25. The van der Waals surface area contributed by atoms with Crippen molar-refractivity contribution in [3.05, 3.63) is 33.8 Å². The summed E-state index contributed by atoms with van der Waals surface area (Å²) in [4.78, 5) is 0. The van der Waals surface area contributed by atoms with E-state index in [4.69, 9.17) is 23.2 Å². The molecule has 1 aromatic carbocycles. The van der Waals surface area contributed by atoms with Crippen molar-refractivity contribution in [2.75, 3.05) is 11.5 Å². The first-order chi connectivity index (χ1) is 8.87. The van der Waals surface area contributed by atoms with Crippen LogP contribution in [-0.4, -0.2) is 26.0 Å². The van der Waals surface area contributed by atoms with Crippen molar-refractivity contribution < 1.29 is 8.42 Å². The number of sulfone groups is 1. The second-order valence-corrected chi connectivity index (χ2v) is 8.13. The Hall–Kier alpha value is -0.290. The average molecular weight is 322 g/mol. The molecule has 106 valence electrons. The maximum absolute atomic E-state index is 11.4. The van der Waals surface area contributed by atoms with Gasteiger partial charge in [0.2, 0.25) is 0 Å². The van der Waals surface area contributed by atoms with Gasteiger partial charge in [0, 0.05) is 22.1 Å². The van der Waals surface area contributed by atoms with E-state index in [1.54, 1.807) is 6.07 Å². The lowest BCUT2D eigenvalue weighted by Gasteiger charge is -2.27. The highest BCUT2D eigenvalue weighted by atomic mass is 35.5. The molecule has 2 rings (SSSR count). The van der Waals surface area contributed by atoms with Crippen LogP contribution in [0.2, 0.25) is 10.0 Å². The predicted molar refractivity (Wildman–Crippen MR) is 79.7 cm³/mol. The molecule has 0 saturated carbocycles. The van der Waals surface area contributed by atoms with E-state index in [1.807, 2.05) is 19.1 Å². The molecule has 0 aromatic heterocycles. The largest absolute Gasteiger partial charge is 0.307 e. The molecule has 1 atom stereocenters.